The number of Topliss-reactive ketones (excluding diaryl/α,β-unsaturated/α-hetero) is 2. The van der Waals surface area contributed by atoms with Crippen LogP contribution in [-0.4, -0.2) is 17.7 Å². The van der Waals surface area contributed by atoms with E-state index in [0.717, 1.165) is 25.5 Å². The third-order valence-electron chi connectivity index (χ3n) is 1.80. The van der Waals surface area contributed by atoms with Gasteiger partial charge in [-0.3, -0.25) is 9.59 Å². The van der Waals surface area contributed by atoms with Gasteiger partial charge in [-0.15, -0.1) is 0 Å². The lowest BCUT2D eigenvalue weighted by molar-refractivity contribution is -0.169. The SMILES string of the molecule is CC(=O)C(C(=O)c1ccoc1)C(F)(F)F. The molecular weight excluding hydrogens is 213 g/mol. The summed E-state index contributed by atoms with van der Waals surface area (Å²) in [4.78, 5) is 22.0. The summed E-state index contributed by atoms with van der Waals surface area (Å²) in [6, 6.07) is 1.09. The maximum absolute atomic E-state index is 12.3. The minimum atomic E-state index is -4.86. The molecule has 15 heavy (non-hydrogen) atoms. The van der Waals surface area contributed by atoms with Gasteiger partial charge in [0, 0.05) is 0 Å². The summed E-state index contributed by atoms with van der Waals surface area (Å²) in [6.07, 6.45) is -2.91. The summed E-state index contributed by atoms with van der Waals surface area (Å²) in [5.41, 5.74) is -0.257. The first-order valence-corrected chi connectivity index (χ1v) is 3.97. The normalized spacial score (nSPS) is 13.6. The number of carbonyl (C=O) groups is 2. The van der Waals surface area contributed by atoms with Gasteiger partial charge < -0.3 is 4.42 Å². The molecule has 0 bridgehead atoms. The van der Waals surface area contributed by atoms with Crippen LogP contribution in [-0.2, 0) is 4.79 Å². The highest BCUT2D eigenvalue weighted by molar-refractivity contribution is 6.10. The van der Waals surface area contributed by atoms with Crippen LogP contribution in [0.2, 0.25) is 0 Å². The van der Waals surface area contributed by atoms with Crippen LogP contribution < -0.4 is 0 Å². The summed E-state index contributed by atoms with van der Waals surface area (Å²) in [5.74, 6) is -5.12. The molecule has 1 atom stereocenters. The van der Waals surface area contributed by atoms with E-state index in [4.69, 9.17) is 0 Å². The van der Waals surface area contributed by atoms with E-state index in [0.29, 0.717) is 0 Å². The zero-order chi connectivity index (χ0) is 11.6. The van der Waals surface area contributed by atoms with Crippen LogP contribution in [0.1, 0.15) is 17.3 Å². The molecule has 1 rings (SSSR count). The Morgan fingerprint density at radius 3 is 2.33 bits per heavy atom. The predicted octanol–water partition coefficient (Wildman–Crippen LogP) is 2.23. The second-order valence-electron chi connectivity index (χ2n) is 2.96. The molecule has 6 heteroatoms. The molecule has 3 nitrogen and oxygen atoms in total. The van der Waals surface area contributed by atoms with Crippen molar-refractivity contribution in [3.8, 4) is 0 Å². The molecule has 0 saturated heterocycles. The fourth-order valence-corrected chi connectivity index (χ4v) is 1.14. The van der Waals surface area contributed by atoms with Crippen molar-refractivity contribution in [1.82, 2.24) is 0 Å². The van der Waals surface area contributed by atoms with E-state index in [2.05, 4.69) is 4.42 Å². The summed E-state index contributed by atoms with van der Waals surface area (Å²) in [7, 11) is 0. The monoisotopic (exact) mass is 220 g/mol. The number of hydrogen-bond donors (Lipinski definition) is 0. The zero-order valence-corrected chi connectivity index (χ0v) is 7.67. The second-order valence-corrected chi connectivity index (χ2v) is 2.96. The quantitative estimate of drug-likeness (QED) is 0.579. The number of furan rings is 1. The van der Waals surface area contributed by atoms with Crippen molar-refractivity contribution in [3.05, 3.63) is 24.2 Å². The van der Waals surface area contributed by atoms with Gasteiger partial charge in [-0.1, -0.05) is 0 Å². The average molecular weight is 220 g/mol. The van der Waals surface area contributed by atoms with Gasteiger partial charge in [0.05, 0.1) is 11.8 Å². The largest absolute Gasteiger partial charge is 0.472 e. The first-order chi connectivity index (χ1) is 6.84. The van der Waals surface area contributed by atoms with Crippen LogP contribution in [0, 0.1) is 5.92 Å². The van der Waals surface area contributed by atoms with Gasteiger partial charge in [-0.25, -0.2) is 0 Å². The Hall–Kier alpha value is -1.59. The Bertz CT molecular complexity index is 364. The Balaban J connectivity index is 3.02. The van der Waals surface area contributed by atoms with Crippen LogP contribution in [0.15, 0.2) is 23.0 Å². The van der Waals surface area contributed by atoms with Crippen molar-refractivity contribution in [2.24, 2.45) is 5.92 Å². The van der Waals surface area contributed by atoms with Crippen LogP contribution >= 0.6 is 0 Å². The average Bonchev–Trinajstić information content (AvgIpc) is 2.51. The Labute approximate surface area is 82.9 Å². The summed E-state index contributed by atoms with van der Waals surface area (Å²) in [6.45, 7) is 0.732. The van der Waals surface area contributed by atoms with E-state index < -0.39 is 23.7 Å². The molecule has 0 aliphatic rings. The molecule has 1 heterocycles. The van der Waals surface area contributed by atoms with E-state index >= 15 is 0 Å². The number of alkyl halides is 3. The minimum Gasteiger partial charge on any atom is -0.472 e. The third kappa shape index (κ3) is 2.45. The fraction of sp³-hybridized carbons (Fsp3) is 0.333. The maximum atomic E-state index is 12.3. The molecule has 0 spiro atoms. The molecule has 0 aromatic carbocycles. The highest BCUT2D eigenvalue weighted by Crippen LogP contribution is 2.29. The fourth-order valence-electron chi connectivity index (χ4n) is 1.14. The van der Waals surface area contributed by atoms with Gasteiger partial charge in [0.15, 0.2) is 11.7 Å². The summed E-state index contributed by atoms with van der Waals surface area (Å²) < 4.78 is 41.5. The molecule has 0 fully saturated rings. The van der Waals surface area contributed by atoms with Crippen molar-refractivity contribution in [2.75, 3.05) is 0 Å². The third-order valence-corrected chi connectivity index (χ3v) is 1.80. The number of carbonyl (C=O) groups excluding carboxylic acids is 2. The summed E-state index contributed by atoms with van der Waals surface area (Å²) >= 11 is 0. The van der Waals surface area contributed by atoms with Crippen molar-refractivity contribution in [3.63, 3.8) is 0 Å². The van der Waals surface area contributed by atoms with Crippen LogP contribution in [0.4, 0.5) is 13.2 Å². The smallest absolute Gasteiger partial charge is 0.405 e. The number of rotatable bonds is 3. The lowest BCUT2D eigenvalue weighted by Gasteiger charge is -2.14. The molecule has 1 aromatic heterocycles. The zero-order valence-electron chi connectivity index (χ0n) is 7.67. The lowest BCUT2D eigenvalue weighted by atomic mass is 9.95. The molecule has 82 valence electrons. The van der Waals surface area contributed by atoms with Crippen LogP contribution in [0.3, 0.4) is 0 Å². The summed E-state index contributed by atoms with van der Waals surface area (Å²) in [5, 5.41) is 0. The molecular formula is C9H7F3O3. The van der Waals surface area contributed by atoms with Crippen molar-refractivity contribution < 1.29 is 27.2 Å². The molecule has 1 unspecified atom stereocenters. The molecule has 0 N–H and O–H groups in total. The van der Waals surface area contributed by atoms with E-state index in [1.807, 2.05) is 0 Å². The molecule has 0 aliphatic heterocycles. The predicted molar refractivity (Wildman–Crippen MR) is 43.3 cm³/mol. The van der Waals surface area contributed by atoms with Crippen molar-refractivity contribution >= 4 is 11.6 Å². The van der Waals surface area contributed by atoms with Crippen molar-refractivity contribution in [2.45, 2.75) is 13.1 Å². The first-order valence-electron chi connectivity index (χ1n) is 3.97. The Morgan fingerprint density at radius 1 is 1.40 bits per heavy atom. The minimum absolute atomic E-state index is 0.257. The van der Waals surface area contributed by atoms with Gasteiger partial charge >= 0.3 is 6.18 Å². The van der Waals surface area contributed by atoms with Gasteiger partial charge in [0.2, 0.25) is 0 Å². The first kappa shape index (κ1) is 11.5. The van der Waals surface area contributed by atoms with Gasteiger partial charge in [0.1, 0.15) is 12.0 Å². The van der Waals surface area contributed by atoms with E-state index in [1.165, 1.54) is 0 Å². The number of ketones is 2. The van der Waals surface area contributed by atoms with Gasteiger partial charge in [-0.2, -0.15) is 13.2 Å². The van der Waals surface area contributed by atoms with Gasteiger partial charge in [-0.05, 0) is 13.0 Å². The number of hydrogen-bond acceptors (Lipinski definition) is 3. The molecule has 1 aromatic rings. The molecule has 0 amide bonds. The van der Waals surface area contributed by atoms with Crippen molar-refractivity contribution in [1.29, 1.82) is 0 Å². The van der Waals surface area contributed by atoms with E-state index in [9.17, 15) is 22.8 Å². The topological polar surface area (TPSA) is 47.3 Å². The highest BCUT2D eigenvalue weighted by atomic mass is 19.4. The second kappa shape index (κ2) is 3.88. The maximum Gasteiger partial charge on any atom is 0.405 e. The standard InChI is InChI=1S/C9H7F3O3/c1-5(13)7(9(10,11)12)8(14)6-2-3-15-4-6/h2-4,7H,1H3. The highest BCUT2D eigenvalue weighted by Gasteiger charge is 2.48. The van der Waals surface area contributed by atoms with Crippen LogP contribution in [0.25, 0.3) is 0 Å². The molecule has 0 saturated carbocycles. The van der Waals surface area contributed by atoms with Crippen LogP contribution in [0.5, 0.6) is 0 Å². The van der Waals surface area contributed by atoms with E-state index in [-0.39, 0.29) is 5.56 Å². The van der Waals surface area contributed by atoms with Gasteiger partial charge in [0.25, 0.3) is 0 Å². The molecule has 0 aliphatic carbocycles. The Morgan fingerprint density at radius 2 is 2.00 bits per heavy atom. The van der Waals surface area contributed by atoms with E-state index in [1.54, 1.807) is 0 Å². The Kier molecular flexibility index (Phi) is 2.97. The number of halogens is 3. The lowest BCUT2D eigenvalue weighted by Crippen LogP contribution is -2.36. The molecule has 0 radical (unpaired) electrons.